The monoisotopic (exact) mass is 229 g/mol. The summed E-state index contributed by atoms with van der Waals surface area (Å²) in [7, 11) is 0. The minimum Gasteiger partial charge on any atom is -0.359 e. The van der Waals surface area contributed by atoms with Crippen LogP contribution in [-0.4, -0.2) is 17.4 Å². The first-order chi connectivity index (χ1) is 8.25. The normalized spacial score (nSPS) is 17.0. The molecule has 1 fully saturated rings. The molecule has 1 saturated carbocycles. The summed E-state index contributed by atoms with van der Waals surface area (Å²) in [5.41, 5.74) is 7.20. The Hall–Kier alpha value is -1.81. The van der Waals surface area contributed by atoms with Gasteiger partial charge in [-0.15, -0.1) is 0 Å². The van der Waals surface area contributed by atoms with Crippen LogP contribution in [0.2, 0.25) is 0 Å². The fraction of sp³-hybridized carbons (Fsp3) is 0.308. The zero-order valence-corrected chi connectivity index (χ0v) is 9.49. The predicted molar refractivity (Wildman–Crippen MR) is 67.6 cm³/mol. The first kappa shape index (κ1) is 10.4. The fourth-order valence-corrected chi connectivity index (χ4v) is 2.10. The lowest BCUT2D eigenvalue weighted by atomic mass is 10.1. The highest BCUT2D eigenvalue weighted by molar-refractivity contribution is 6.04. The summed E-state index contributed by atoms with van der Waals surface area (Å²) in [6, 6.07) is 7.90. The molecule has 0 saturated heterocycles. The number of aromatic amines is 1. The number of hydrogen-bond acceptors (Lipinski definition) is 2. The molecule has 0 aliphatic heterocycles. The van der Waals surface area contributed by atoms with Crippen molar-refractivity contribution in [3.05, 3.63) is 30.5 Å². The van der Waals surface area contributed by atoms with Crippen molar-refractivity contribution >= 4 is 22.5 Å². The number of amides is 1. The number of hydrogen-bond donors (Lipinski definition) is 3. The van der Waals surface area contributed by atoms with Gasteiger partial charge in [-0.1, -0.05) is 18.2 Å². The molecule has 88 valence electrons. The van der Waals surface area contributed by atoms with E-state index in [1.165, 1.54) is 0 Å². The summed E-state index contributed by atoms with van der Waals surface area (Å²) in [5, 5.41) is 4.00. The molecule has 2 aromatic rings. The molecular formula is C13H15N3O. The van der Waals surface area contributed by atoms with E-state index in [2.05, 4.69) is 10.3 Å². The summed E-state index contributed by atoms with van der Waals surface area (Å²) in [6.45, 7) is 0.432. The minimum atomic E-state index is -0.307. The SMILES string of the molecule is NCC1(C(=O)Nc2c[nH]c3ccccc23)CC1. The standard InChI is InChI=1S/C13H15N3O/c14-8-13(5-6-13)12(17)16-11-7-15-10-4-2-1-3-9(10)11/h1-4,7,15H,5-6,8,14H2,(H,16,17). The summed E-state index contributed by atoms with van der Waals surface area (Å²) >= 11 is 0. The maximum atomic E-state index is 12.1. The Morgan fingerprint density at radius 1 is 1.41 bits per heavy atom. The number of para-hydroxylation sites is 1. The van der Waals surface area contributed by atoms with Gasteiger partial charge in [0.15, 0.2) is 0 Å². The van der Waals surface area contributed by atoms with Crippen LogP contribution in [0.1, 0.15) is 12.8 Å². The van der Waals surface area contributed by atoms with E-state index in [0.29, 0.717) is 6.54 Å². The largest absolute Gasteiger partial charge is 0.359 e. The van der Waals surface area contributed by atoms with Gasteiger partial charge in [0.25, 0.3) is 0 Å². The second-order valence-corrected chi connectivity index (χ2v) is 4.69. The molecule has 4 heteroatoms. The molecule has 4 nitrogen and oxygen atoms in total. The maximum absolute atomic E-state index is 12.1. The number of nitrogens with one attached hydrogen (secondary N) is 2. The zero-order valence-electron chi connectivity index (χ0n) is 9.49. The molecule has 3 rings (SSSR count). The van der Waals surface area contributed by atoms with Crippen LogP contribution in [0.15, 0.2) is 30.5 Å². The first-order valence-corrected chi connectivity index (χ1v) is 5.83. The highest BCUT2D eigenvalue weighted by Gasteiger charge is 2.48. The summed E-state index contributed by atoms with van der Waals surface area (Å²) in [4.78, 5) is 15.2. The number of benzene rings is 1. The summed E-state index contributed by atoms with van der Waals surface area (Å²) in [5.74, 6) is 0.0461. The third kappa shape index (κ3) is 1.61. The topological polar surface area (TPSA) is 70.9 Å². The van der Waals surface area contributed by atoms with E-state index >= 15 is 0 Å². The highest BCUT2D eigenvalue weighted by atomic mass is 16.2. The number of carbonyl (C=O) groups excluding carboxylic acids is 1. The van der Waals surface area contributed by atoms with Crippen molar-refractivity contribution in [1.82, 2.24) is 4.98 Å². The lowest BCUT2D eigenvalue weighted by Gasteiger charge is -2.11. The van der Waals surface area contributed by atoms with Gasteiger partial charge in [-0.2, -0.15) is 0 Å². The number of H-pyrrole nitrogens is 1. The van der Waals surface area contributed by atoms with Crippen LogP contribution in [0.3, 0.4) is 0 Å². The number of nitrogens with two attached hydrogens (primary N) is 1. The van der Waals surface area contributed by atoms with Gasteiger partial charge in [-0.3, -0.25) is 4.79 Å². The van der Waals surface area contributed by atoms with Crippen molar-refractivity contribution in [2.45, 2.75) is 12.8 Å². The Bertz CT molecular complexity index is 569. The van der Waals surface area contributed by atoms with Crippen LogP contribution in [0, 0.1) is 5.41 Å². The van der Waals surface area contributed by atoms with Crippen molar-refractivity contribution in [3.8, 4) is 0 Å². The van der Waals surface area contributed by atoms with E-state index < -0.39 is 0 Å². The van der Waals surface area contributed by atoms with Gasteiger partial charge in [0, 0.05) is 23.6 Å². The average molecular weight is 229 g/mol. The maximum Gasteiger partial charge on any atom is 0.231 e. The van der Waals surface area contributed by atoms with Crippen LogP contribution in [0.4, 0.5) is 5.69 Å². The minimum absolute atomic E-state index is 0.0461. The van der Waals surface area contributed by atoms with E-state index in [0.717, 1.165) is 29.4 Å². The van der Waals surface area contributed by atoms with Gasteiger partial charge in [-0.25, -0.2) is 0 Å². The third-order valence-electron chi connectivity index (χ3n) is 3.56. The number of carbonyl (C=O) groups is 1. The highest BCUT2D eigenvalue weighted by Crippen LogP contribution is 2.45. The third-order valence-corrected chi connectivity index (χ3v) is 3.56. The van der Waals surface area contributed by atoms with Crippen molar-refractivity contribution in [3.63, 3.8) is 0 Å². The number of fused-ring (bicyclic) bond motifs is 1. The van der Waals surface area contributed by atoms with Crippen LogP contribution >= 0.6 is 0 Å². The molecular weight excluding hydrogens is 214 g/mol. The van der Waals surface area contributed by atoms with Crippen LogP contribution in [-0.2, 0) is 4.79 Å². The van der Waals surface area contributed by atoms with Gasteiger partial charge in [0.2, 0.25) is 5.91 Å². The van der Waals surface area contributed by atoms with Crippen LogP contribution < -0.4 is 11.1 Å². The van der Waals surface area contributed by atoms with Crippen molar-refractivity contribution in [2.75, 3.05) is 11.9 Å². The van der Waals surface area contributed by atoms with Crippen LogP contribution in [0.25, 0.3) is 10.9 Å². The van der Waals surface area contributed by atoms with Gasteiger partial charge in [0.1, 0.15) is 0 Å². The van der Waals surface area contributed by atoms with Gasteiger partial charge in [0.05, 0.1) is 11.1 Å². The summed E-state index contributed by atoms with van der Waals surface area (Å²) in [6.07, 6.45) is 3.63. The number of aromatic nitrogens is 1. The Morgan fingerprint density at radius 3 is 2.88 bits per heavy atom. The molecule has 1 aromatic heterocycles. The molecule has 0 unspecified atom stereocenters. The van der Waals surface area contributed by atoms with Crippen molar-refractivity contribution in [2.24, 2.45) is 11.1 Å². The second kappa shape index (κ2) is 3.60. The number of anilines is 1. The first-order valence-electron chi connectivity index (χ1n) is 5.83. The predicted octanol–water partition coefficient (Wildman–Crippen LogP) is 1.85. The second-order valence-electron chi connectivity index (χ2n) is 4.69. The van der Waals surface area contributed by atoms with Crippen molar-refractivity contribution in [1.29, 1.82) is 0 Å². The molecule has 0 atom stereocenters. The molecule has 4 N–H and O–H groups in total. The van der Waals surface area contributed by atoms with Crippen LogP contribution in [0.5, 0.6) is 0 Å². The zero-order chi connectivity index (χ0) is 11.9. The smallest absolute Gasteiger partial charge is 0.231 e. The molecule has 17 heavy (non-hydrogen) atoms. The lowest BCUT2D eigenvalue weighted by molar-refractivity contribution is -0.120. The average Bonchev–Trinajstić information content (AvgIpc) is 3.07. The Kier molecular flexibility index (Phi) is 2.19. The van der Waals surface area contributed by atoms with E-state index in [9.17, 15) is 4.79 Å². The Labute approximate surface area is 99.2 Å². The van der Waals surface area contributed by atoms with E-state index in [4.69, 9.17) is 5.73 Å². The molecule has 0 radical (unpaired) electrons. The van der Waals surface area contributed by atoms with Gasteiger partial charge < -0.3 is 16.0 Å². The van der Waals surface area contributed by atoms with E-state index in [-0.39, 0.29) is 11.3 Å². The molecule has 1 amide bonds. The van der Waals surface area contributed by atoms with Gasteiger partial charge in [-0.05, 0) is 18.9 Å². The van der Waals surface area contributed by atoms with Gasteiger partial charge >= 0.3 is 0 Å². The quantitative estimate of drug-likeness (QED) is 0.751. The molecule has 1 aliphatic carbocycles. The molecule has 1 aliphatic rings. The molecule has 1 heterocycles. The molecule has 0 spiro atoms. The Morgan fingerprint density at radius 2 is 2.18 bits per heavy atom. The molecule has 1 aromatic carbocycles. The van der Waals surface area contributed by atoms with E-state index in [1.54, 1.807) is 0 Å². The summed E-state index contributed by atoms with van der Waals surface area (Å²) < 4.78 is 0. The van der Waals surface area contributed by atoms with Crippen molar-refractivity contribution < 1.29 is 4.79 Å². The fourth-order valence-electron chi connectivity index (χ4n) is 2.10. The lowest BCUT2D eigenvalue weighted by Crippen LogP contribution is -2.30. The Balaban J connectivity index is 1.88. The van der Waals surface area contributed by atoms with E-state index in [1.807, 2.05) is 30.5 Å². The number of rotatable bonds is 3. The molecule has 0 bridgehead atoms.